The Labute approximate surface area is 129 Å². The highest BCUT2D eigenvalue weighted by Gasteiger charge is 2.44. The van der Waals surface area contributed by atoms with E-state index in [0.29, 0.717) is 12.0 Å². The van der Waals surface area contributed by atoms with Gasteiger partial charge in [-0.3, -0.25) is 9.69 Å². The highest BCUT2D eigenvalue weighted by atomic mass is 16.4. The van der Waals surface area contributed by atoms with Crippen LogP contribution in [0.1, 0.15) is 52.4 Å². The van der Waals surface area contributed by atoms with Crippen LogP contribution in [0.15, 0.2) is 0 Å². The molecule has 0 spiro atoms. The maximum atomic E-state index is 12.0. The van der Waals surface area contributed by atoms with Gasteiger partial charge in [-0.05, 0) is 51.7 Å². The first-order valence-electron chi connectivity index (χ1n) is 8.63. The fourth-order valence-electron chi connectivity index (χ4n) is 4.34. The van der Waals surface area contributed by atoms with Crippen molar-refractivity contribution in [2.24, 2.45) is 11.3 Å². The van der Waals surface area contributed by atoms with Crippen LogP contribution in [-0.2, 0) is 4.79 Å². The molecule has 4 nitrogen and oxygen atoms in total. The van der Waals surface area contributed by atoms with Crippen molar-refractivity contribution in [1.29, 1.82) is 0 Å². The van der Waals surface area contributed by atoms with Gasteiger partial charge in [0.25, 0.3) is 0 Å². The minimum Gasteiger partial charge on any atom is -0.481 e. The summed E-state index contributed by atoms with van der Waals surface area (Å²) in [5.41, 5.74) is -0.506. The molecular formula is C17H32N2O2. The Balaban J connectivity index is 2.12. The van der Waals surface area contributed by atoms with E-state index >= 15 is 0 Å². The van der Waals surface area contributed by atoms with E-state index in [1.165, 1.54) is 6.42 Å². The molecule has 0 aromatic carbocycles. The van der Waals surface area contributed by atoms with Crippen LogP contribution in [0.25, 0.3) is 0 Å². The molecule has 0 radical (unpaired) electrons. The molecule has 4 heteroatoms. The standard InChI is InChI=1S/C17H32N2O2/c1-4-15-12-18(3)9-6-10-19(15)13-17(16(20)21)8-5-7-14(2)11-17/h14-15H,4-13H2,1-3H3,(H,20,21). The Hall–Kier alpha value is -0.610. The van der Waals surface area contributed by atoms with Crippen molar-refractivity contribution in [3.63, 3.8) is 0 Å². The van der Waals surface area contributed by atoms with Crippen molar-refractivity contribution in [2.45, 2.75) is 58.4 Å². The van der Waals surface area contributed by atoms with Crippen molar-refractivity contribution < 1.29 is 9.90 Å². The van der Waals surface area contributed by atoms with E-state index in [4.69, 9.17) is 0 Å². The second-order valence-electron chi connectivity index (χ2n) is 7.44. The van der Waals surface area contributed by atoms with Crippen LogP contribution in [0.5, 0.6) is 0 Å². The number of likely N-dealkylation sites (N-methyl/N-ethyl adjacent to an activating group) is 1. The summed E-state index contributed by atoms with van der Waals surface area (Å²) in [5.74, 6) is -0.0221. The Bertz CT molecular complexity index is 361. The molecule has 1 aliphatic heterocycles. The van der Waals surface area contributed by atoms with E-state index in [0.717, 1.165) is 58.3 Å². The number of hydrogen-bond acceptors (Lipinski definition) is 3. The molecule has 0 bridgehead atoms. The van der Waals surface area contributed by atoms with Gasteiger partial charge in [0.2, 0.25) is 0 Å². The van der Waals surface area contributed by atoms with E-state index in [1.54, 1.807) is 0 Å². The lowest BCUT2D eigenvalue weighted by molar-refractivity contribution is -0.154. The van der Waals surface area contributed by atoms with Gasteiger partial charge in [0.15, 0.2) is 0 Å². The van der Waals surface area contributed by atoms with Crippen molar-refractivity contribution in [3.8, 4) is 0 Å². The second-order valence-corrected chi connectivity index (χ2v) is 7.44. The highest BCUT2D eigenvalue weighted by Crippen LogP contribution is 2.41. The van der Waals surface area contributed by atoms with Crippen molar-refractivity contribution in [2.75, 3.05) is 33.2 Å². The summed E-state index contributed by atoms with van der Waals surface area (Å²) in [6, 6.07) is 0.506. The van der Waals surface area contributed by atoms with Crippen LogP contribution in [0.3, 0.4) is 0 Å². The molecule has 1 aliphatic carbocycles. The fraction of sp³-hybridized carbons (Fsp3) is 0.941. The van der Waals surface area contributed by atoms with Crippen molar-refractivity contribution in [1.82, 2.24) is 9.80 Å². The van der Waals surface area contributed by atoms with Crippen LogP contribution in [-0.4, -0.2) is 60.1 Å². The number of carbonyl (C=O) groups is 1. The Morgan fingerprint density at radius 1 is 1.33 bits per heavy atom. The molecule has 21 heavy (non-hydrogen) atoms. The summed E-state index contributed by atoms with van der Waals surface area (Å²) in [4.78, 5) is 16.9. The number of carboxylic acids is 1. The maximum absolute atomic E-state index is 12.0. The van der Waals surface area contributed by atoms with Gasteiger partial charge in [0, 0.05) is 19.1 Å². The first-order valence-corrected chi connectivity index (χ1v) is 8.63. The van der Waals surface area contributed by atoms with Crippen LogP contribution in [0.2, 0.25) is 0 Å². The molecule has 2 fully saturated rings. The summed E-state index contributed by atoms with van der Waals surface area (Å²) < 4.78 is 0. The average Bonchev–Trinajstić information content (AvgIpc) is 2.60. The van der Waals surface area contributed by atoms with E-state index < -0.39 is 11.4 Å². The minimum atomic E-state index is -0.568. The molecule has 0 aromatic rings. The Morgan fingerprint density at radius 3 is 2.71 bits per heavy atom. The van der Waals surface area contributed by atoms with Crippen molar-refractivity contribution in [3.05, 3.63) is 0 Å². The molecule has 122 valence electrons. The molecule has 2 aliphatic rings. The van der Waals surface area contributed by atoms with Crippen LogP contribution in [0, 0.1) is 11.3 Å². The summed E-state index contributed by atoms with van der Waals surface area (Å²) in [7, 11) is 2.18. The normalized spacial score (nSPS) is 36.3. The monoisotopic (exact) mass is 296 g/mol. The maximum Gasteiger partial charge on any atom is 0.310 e. The summed E-state index contributed by atoms with van der Waals surface area (Å²) >= 11 is 0. The molecule has 3 unspecified atom stereocenters. The van der Waals surface area contributed by atoms with Gasteiger partial charge < -0.3 is 10.0 Å². The quantitative estimate of drug-likeness (QED) is 0.866. The lowest BCUT2D eigenvalue weighted by atomic mass is 9.69. The molecule has 1 N–H and O–H groups in total. The summed E-state index contributed by atoms with van der Waals surface area (Å²) in [6.07, 6.45) is 6.22. The summed E-state index contributed by atoms with van der Waals surface area (Å²) in [5, 5.41) is 9.88. The molecule has 1 saturated carbocycles. The lowest BCUT2D eigenvalue weighted by Crippen LogP contribution is -2.50. The van der Waals surface area contributed by atoms with Crippen LogP contribution < -0.4 is 0 Å². The van der Waals surface area contributed by atoms with Crippen LogP contribution in [0.4, 0.5) is 0 Å². The number of aliphatic carboxylic acids is 1. The molecule has 1 saturated heterocycles. The van der Waals surface area contributed by atoms with E-state index in [1.807, 2.05) is 0 Å². The molecule has 0 amide bonds. The van der Waals surface area contributed by atoms with Gasteiger partial charge in [-0.15, -0.1) is 0 Å². The van der Waals surface area contributed by atoms with E-state index in [9.17, 15) is 9.90 Å². The van der Waals surface area contributed by atoms with Gasteiger partial charge in [-0.1, -0.05) is 26.7 Å². The molecular weight excluding hydrogens is 264 g/mol. The minimum absolute atomic E-state index is 0.506. The third-order valence-electron chi connectivity index (χ3n) is 5.55. The van der Waals surface area contributed by atoms with Gasteiger partial charge >= 0.3 is 5.97 Å². The number of hydrogen-bond donors (Lipinski definition) is 1. The third kappa shape index (κ3) is 3.98. The Kier molecular flexibility index (Phi) is 5.67. The van der Waals surface area contributed by atoms with Crippen LogP contribution >= 0.6 is 0 Å². The number of carboxylic acid groups (broad SMARTS) is 1. The van der Waals surface area contributed by atoms with Gasteiger partial charge in [0.1, 0.15) is 0 Å². The number of rotatable bonds is 4. The van der Waals surface area contributed by atoms with Gasteiger partial charge in [0.05, 0.1) is 5.41 Å². The average molecular weight is 296 g/mol. The summed E-state index contributed by atoms with van der Waals surface area (Å²) in [6.45, 7) is 8.44. The zero-order valence-corrected chi connectivity index (χ0v) is 14.0. The number of nitrogens with zero attached hydrogens (tertiary/aromatic N) is 2. The first kappa shape index (κ1) is 16.8. The lowest BCUT2D eigenvalue weighted by Gasteiger charge is -2.42. The second kappa shape index (κ2) is 7.10. The van der Waals surface area contributed by atoms with E-state index in [2.05, 4.69) is 30.7 Å². The molecule has 0 aromatic heterocycles. The van der Waals surface area contributed by atoms with Gasteiger partial charge in [-0.2, -0.15) is 0 Å². The predicted molar refractivity (Wildman–Crippen MR) is 85.5 cm³/mol. The third-order valence-corrected chi connectivity index (χ3v) is 5.55. The smallest absolute Gasteiger partial charge is 0.310 e. The predicted octanol–water partition coefficient (Wildman–Crippen LogP) is 2.68. The molecule has 2 rings (SSSR count). The fourth-order valence-corrected chi connectivity index (χ4v) is 4.34. The zero-order valence-electron chi connectivity index (χ0n) is 14.0. The largest absolute Gasteiger partial charge is 0.481 e. The molecule has 1 heterocycles. The SMILES string of the molecule is CCC1CN(C)CCCN1CC1(C(=O)O)CCCC(C)C1. The molecule has 3 atom stereocenters. The van der Waals surface area contributed by atoms with Gasteiger partial charge in [-0.25, -0.2) is 0 Å². The Morgan fingerprint density at radius 2 is 2.10 bits per heavy atom. The topological polar surface area (TPSA) is 43.8 Å². The van der Waals surface area contributed by atoms with E-state index in [-0.39, 0.29) is 0 Å². The highest BCUT2D eigenvalue weighted by molar-refractivity contribution is 5.75. The van der Waals surface area contributed by atoms with Crippen molar-refractivity contribution >= 4 is 5.97 Å². The first-order chi connectivity index (χ1) is 9.97. The zero-order chi connectivity index (χ0) is 15.5.